The summed E-state index contributed by atoms with van der Waals surface area (Å²) < 4.78 is 15.5. The highest BCUT2D eigenvalue weighted by Crippen LogP contribution is 2.49. The summed E-state index contributed by atoms with van der Waals surface area (Å²) in [5, 5.41) is 5.67. The third-order valence-corrected chi connectivity index (χ3v) is 14.1. The summed E-state index contributed by atoms with van der Waals surface area (Å²) in [6.07, 6.45) is 11.8. The largest absolute Gasteiger partial charge is 0.453 e. The first-order valence-electron chi connectivity index (χ1n) is 22.9. The zero-order valence-electron chi connectivity index (χ0n) is 37.0. The number of hydrogen-bond donors (Lipinski definition) is 2. The molecule has 0 bridgehead atoms. The quantitative estimate of drug-likeness (QED) is 0.232. The van der Waals surface area contributed by atoms with Gasteiger partial charge in [0, 0.05) is 38.0 Å². The molecule has 12 heteroatoms. The Kier molecular flexibility index (Phi) is 13.3. The van der Waals surface area contributed by atoms with Crippen LogP contribution in [0, 0.1) is 11.8 Å². The van der Waals surface area contributed by atoms with Crippen LogP contribution in [0.1, 0.15) is 109 Å². The molecule has 4 fully saturated rings. The number of carbonyl (C=O) groups excluding carboxylic acids is 4. The van der Waals surface area contributed by atoms with E-state index >= 15 is 0 Å². The minimum Gasteiger partial charge on any atom is -0.453 e. The second-order valence-electron chi connectivity index (χ2n) is 18.3. The van der Waals surface area contributed by atoms with Gasteiger partial charge in [0.15, 0.2) is 0 Å². The molecule has 330 valence electrons. The maximum Gasteiger partial charge on any atom is 0.407 e. The molecule has 2 aliphatic carbocycles. The predicted octanol–water partition coefficient (Wildman–Crippen LogP) is 8.47. The van der Waals surface area contributed by atoms with Gasteiger partial charge in [-0.3, -0.25) is 14.6 Å². The summed E-state index contributed by atoms with van der Waals surface area (Å²) in [7, 11) is 2.66. The number of rotatable bonds is 11. The molecule has 4 heterocycles. The van der Waals surface area contributed by atoms with Crippen molar-refractivity contribution in [3.8, 4) is 11.1 Å². The van der Waals surface area contributed by atoms with Gasteiger partial charge < -0.3 is 34.6 Å². The number of amides is 4. The average Bonchev–Trinajstić information content (AvgIpc) is 4.13. The van der Waals surface area contributed by atoms with Gasteiger partial charge in [-0.2, -0.15) is 0 Å². The van der Waals surface area contributed by atoms with Crippen LogP contribution in [0.25, 0.3) is 22.3 Å². The maximum absolute atomic E-state index is 14.1. The van der Waals surface area contributed by atoms with Gasteiger partial charge in [0.1, 0.15) is 12.1 Å². The molecule has 4 amide bonds. The fourth-order valence-corrected chi connectivity index (χ4v) is 10.9. The molecule has 2 aromatic carbocycles. The van der Waals surface area contributed by atoms with Crippen molar-refractivity contribution in [1.82, 2.24) is 20.4 Å². The van der Waals surface area contributed by atoms with E-state index in [0.29, 0.717) is 39.0 Å². The minimum absolute atomic E-state index is 0.0211. The zero-order chi connectivity index (χ0) is 43.5. The predicted molar refractivity (Wildman–Crippen MR) is 240 cm³/mol. The number of nitrogens with zero attached hydrogens (tertiary/aromatic N) is 3. The second-order valence-corrected chi connectivity index (χ2v) is 18.3. The van der Waals surface area contributed by atoms with Crippen LogP contribution >= 0.6 is 0 Å². The topological polar surface area (TPSA) is 139 Å². The number of methoxy groups -OCH3 is 2. The van der Waals surface area contributed by atoms with Crippen LogP contribution in [0.15, 0.2) is 76.4 Å². The van der Waals surface area contributed by atoms with Gasteiger partial charge in [-0.05, 0) is 140 Å². The van der Waals surface area contributed by atoms with E-state index in [-0.39, 0.29) is 41.8 Å². The zero-order valence-corrected chi connectivity index (χ0v) is 37.0. The van der Waals surface area contributed by atoms with Crippen molar-refractivity contribution >= 4 is 40.9 Å². The second kappa shape index (κ2) is 19.0. The lowest BCUT2D eigenvalue weighted by atomic mass is 9.86. The van der Waals surface area contributed by atoms with Crippen LogP contribution in [0.5, 0.6) is 0 Å². The fraction of sp³-hybridized carbons (Fsp3) is 0.540. The lowest BCUT2D eigenvalue weighted by Gasteiger charge is -2.36. The molecule has 1 saturated carbocycles. The first-order valence-corrected chi connectivity index (χ1v) is 22.9. The van der Waals surface area contributed by atoms with Gasteiger partial charge in [0.2, 0.25) is 11.8 Å². The first-order chi connectivity index (χ1) is 30.0. The molecule has 0 aromatic heterocycles. The van der Waals surface area contributed by atoms with E-state index in [2.05, 4.69) is 59.2 Å². The number of alkyl carbamates (subject to hydrolysis) is 2. The van der Waals surface area contributed by atoms with E-state index < -0.39 is 24.3 Å². The van der Waals surface area contributed by atoms with E-state index in [9.17, 15) is 19.2 Å². The Morgan fingerprint density at radius 1 is 0.710 bits per heavy atom. The summed E-state index contributed by atoms with van der Waals surface area (Å²) in [5.74, 6) is -0.170. The Labute approximate surface area is 366 Å². The van der Waals surface area contributed by atoms with Crippen molar-refractivity contribution in [3.05, 3.63) is 82.6 Å². The number of fused-ring (bicyclic) bond motifs is 1. The molecule has 6 atom stereocenters. The van der Waals surface area contributed by atoms with Crippen molar-refractivity contribution in [1.29, 1.82) is 0 Å². The number of allylic oxidation sites excluding steroid dienone is 4. The maximum atomic E-state index is 14.1. The van der Waals surface area contributed by atoms with Gasteiger partial charge in [0.25, 0.3) is 0 Å². The number of nitrogens with one attached hydrogen (secondary N) is 2. The Morgan fingerprint density at radius 2 is 1.31 bits per heavy atom. The van der Waals surface area contributed by atoms with Crippen LogP contribution in [0.3, 0.4) is 0 Å². The number of hydrogen-bond acceptors (Lipinski definition) is 8. The van der Waals surface area contributed by atoms with Crippen molar-refractivity contribution in [2.24, 2.45) is 16.8 Å². The molecule has 0 spiro atoms. The van der Waals surface area contributed by atoms with Crippen molar-refractivity contribution in [3.63, 3.8) is 0 Å². The highest BCUT2D eigenvalue weighted by Gasteiger charge is 2.43. The standard InChI is InChI=1S/C50H63N5O7/c1-30(2)45(52-49(58)60-4)47(56)54-23-8-12-43(54)41-28-40(38-10-6-7-11-39(38)41)35-20-18-33(19-21-35)32-14-16-34(17-15-32)37-27-42(51-29-37)44-13-9-24-55(44)48(57)46(53-50(59)61-5)36-22-25-62-31(3)26-36/h14-21,29-31,36,43-46H,6-13,22-28H2,1-5H3,(H,52,58)(H,53,59)/t31?,36?,43?,44-,45-,46?/m0/s1. The third-order valence-electron chi connectivity index (χ3n) is 14.1. The molecule has 3 saturated heterocycles. The highest BCUT2D eigenvalue weighted by atomic mass is 16.5. The molecule has 4 aliphatic heterocycles. The SMILES string of the molecule is COC(=O)NC(C(=O)N1CCC[C@H]1C1=NC=C(c2ccc(-c3ccc(C4=C5CCCCC5=C(C5CCCN5C(=O)[C@@H](NC(=O)OC)C(C)C)C4)cc3)cc2)C1)C1CCOC(C)C1. The Morgan fingerprint density at radius 3 is 1.95 bits per heavy atom. The Bertz CT molecular complexity index is 2160. The van der Waals surface area contributed by atoms with Gasteiger partial charge >= 0.3 is 12.2 Å². The average molecular weight is 846 g/mol. The molecule has 6 aliphatic rings. The van der Waals surface area contributed by atoms with Crippen molar-refractivity contribution < 1.29 is 33.4 Å². The smallest absolute Gasteiger partial charge is 0.407 e. The van der Waals surface area contributed by atoms with E-state index in [1.54, 1.807) is 0 Å². The summed E-state index contributed by atoms with van der Waals surface area (Å²) in [6, 6.07) is 16.3. The molecule has 2 N–H and O–H groups in total. The summed E-state index contributed by atoms with van der Waals surface area (Å²) >= 11 is 0. The third kappa shape index (κ3) is 8.98. The summed E-state index contributed by atoms with van der Waals surface area (Å²) in [5.41, 5.74) is 12.5. The van der Waals surface area contributed by atoms with Crippen molar-refractivity contribution in [2.45, 2.75) is 128 Å². The van der Waals surface area contributed by atoms with Gasteiger partial charge in [-0.25, -0.2) is 9.59 Å². The lowest BCUT2D eigenvalue weighted by molar-refractivity contribution is -0.136. The highest BCUT2D eigenvalue weighted by molar-refractivity contribution is 6.04. The van der Waals surface area contributed by atoms with Gasteiger partial charge in [-0.1, -0.05) is 62.4 Å². The number of aliphatic imine (C=N–C) groups is 1. The molecule has 8 rings (SSSR count). The van der Waals surface area contributed by atoms with E-state index in [0.717, 1.165) is 72.9 Å². The van der Waals surface area contributed by atoms with Crippen LogP contribution in [0.2, 0.25) is 0 Å². The summed E-state index contributed by atoms with van der Waals surface area (Å²) in [4.78, 5) is 61.5. The molecule has 12 nitrogen and oxygen atoms in total. The van der Waals surface area contributed by atoms with Crippen LogP contribution < -0.4 is 10.6 Å². The monoisotopic (exact) mass is 845 g/mol. The normalized spacial score (nSPS) is 24.7. The van der Waals surface area contributed by atoms with Gasteiger partial charge in [-0.15, -0.1) is 0 Å². The number of ether oxygens (including phenoxy) is 3. The lowest BCUT2D eigenvalue weighted by Crippen LogP contribution is -2.55. The summed E-state index contributed by atoms with van der Waals surface area (Å²) in [6.45, 7) is 7.84. The van der Waals surface area contributed by atoms with Crippen LogP contribution in [-0.2, 0) is 23.8 Å². The van der Waals surface area contributed by atoms with Crippen molar-refractivity contribution in [2.75, 3.05) is 33.9 Å². The first kappa shape index (κ1) is 43.4. The Hall–Kier alpha value is -5.23. The number of likely N-dealkylation sites (tertiary alicyclic amines) is 2. The van der Waals surface area contributed by atoms with E-state index in [1.165, 1.54) is 54.9 Å². The Balaban J connectivity index is 0.915. The fourth-order valence-electron chi connectivity index (χ4n) is 10.9. The van der Waals surface area contributed by atoms with E-state index in [4.69, 9.17) is 19.2 Å². The van der Waals surface area contributed by atoms with Gasteiger partial charge in [0.05, 0.1) is 32.4 Å². The van der Waals surface area contributed by atoms with E-state index in [1.807, 2.05) is 36.8 Å². The van der Waals surface area contributed by atoms with Crippen LogP contribution in [0.4, 0.5) is 9.59 Å². The molecule has 62 heavy (non-hydrogen) atoms. The van der Waals surface area contributed by atoms with Crippen LogP contribution in [-0.4, -0.2) is 104 Å². The molecular weight excluding hydrogens is 783 g/mol. The molecule has 4 unspecified atom stereocenters. The number of carbonyl (C=O) groups is 4. The molecule has 2 aromatic rings. The molecular formula is C50H63N5O7. The molecule has 0 radical (unpaired) electrons. The minimum atomic E-state index is -0.665. The number of benzene rings is 2.